The first-order chi connectivity index (χ1) is 17.2. The molecule has 0 amide bonds. The largest absolute Gasteiger partial charge is 0.493 e. The summed E-state index contributed by atoms with van der Waals surface area (Å²) in [5, 5.41) is 0. The molecule has 35 heavy (non-hydrogen) atoms. The maximum Gasteiger partial charge on any atom is 0.161 e. The van der Waals surface area contributed by atoms with Gasteiger partial charge in [-0.3, -0.25) is 0 Å². The minimum absolute atomic E-state index is 0.512. The number of ether oxygens (including phenoxy) is 4. The van der Waals surface area contributed by atoms with E-state index in [2.05, 4.69) is 48.5 Å². The van der Waals surface area contributed by atoms with E-state index in [0.717, 1.165) is 45.6 Å². The molecule has 0 saturated carbocycles. The summed E-state index contributed by atoms with van der Waals surface area (Å²) in [6, 6.07) is 32.5. The highest BCUT2D eigenvalue weighted by molar-refractivity contribution is 7.97. The number of methoxy groups -OCH3 is 2. The van der Waals surface area contributed by atoms with Crippen molar-refractivity contribution in [3.63, 3.8) is 0 Å². The molecule has 0 saturated heterocycles. The summed E-state index contributed by atoms with van der Waals surface area (Å²) in [7, 11) is 3.35. The third-order valence-electron chi connectivity index (χ3n) is 5.47. The van der Waals surface area contributed by atoms with Crippen molar-refractivity contribution in [3.05, 3.63) is 119 Å². The van der Waals surface area contributed by atoms with E-state index in [1.807, 2.05) is 60.3 Å². The fraction of sp³-hybridized carbons (Fsp3) is 0.200. The monoisotopic (exact) mass is 486 g/mol. The van der Waals surface area contributed by atoms with Crippen LogP contribution in [0.5, 0.6) is 23.0 Å². The maximum atomic E-state index is 5.97. The molecule has 0 aromatic heterocycles. The Bertz CT molecular complexity index is 1100. The zero-order valence-electron chi connectivity index (χ0n) is 20.1. The zero-order valence-corrected chi connectivity index (χ0v) is 20.9. The van der Waals surface area contributed by atoms with Crippen molar-refractivity contribution < 1.29 is 18.9 Å². The van der Waals surface area contributed by atoms with Crippen molar-refractivity contribution in [2.75, 3.05) is 14.2 Å². The molecule has 0 spiro atoms. The number of thioether (sulfide) groups is 1. The van der Waals surface area contributed by atoms with E-state index < -0.39 is 0 Å². The van der Waals surface area contributed by atoms with E-state index in [-0.39, 0.29) is 0 Å². The Labute approximate surface area is 211 Å². The van der Waals surface area contributed by atoms with Gasteiger partial charge in [0.1, 0.15) is 13.2 Å². The van der Waals surface area contributed by atoms with Crippen LogP contribution < -0.4 is 18.9 Å². The quantitative estimate of drug-likeness (QED) is 0.210. The summed E-state index contributed by atoms with van der Waals surface area (Å²) in [6.07, 6.45) is 0. The fourth-order valence-corrected chi connectivity index (χ4v) is 4.53. The van der Waals surface area contributed by atoms with Crippen molar-refractivity contribution in [3.8, 4) is 23.0 Å². The molecule has 4 aromatic rings. The van der Waals surface area contributed by atoms with Gasteiger partial charge >= 0.3 is 0 Å². The molecule has 0 fully saturated rings. The van der Waals surface area contributed by atoms with Gasteiger partial charge in [0.2, 0.25) is 0 Å². The van der Waals surface area contributed by atoms with Gasteiger partial charge in [0.25, 0.3) is 0 Å². The van der Waals surface area contributed by atoms with E-state index in [0.29, 0.717) is 13.2 Å². The molecule has 5 heteroatoms. The predicted octanol–water partition coefficient (Wildman–Crippen LogP) is 7.30. The second kappa shape index (κ2) is 12.8. The summed E-state index contributed by atoms with van der Waals surface area (Å²) < 4.78 is 23.1. The van der Waals surface area contributed by atoms with Crippen molar-refractivity contribution in [2.45, 2.75) is 24.7 Å². The molecular weight excluding hydrogens is 456 g/mol. The Morgan fingerprint density at radius 3 is 1.31 bits per heavy atom. The Balaban J connectivity index is 1.30. The van der Waals surface area contributed by atoms with E-state index in [1.54, 1.807) is 14.2 Å². The van der Waals surface area contributed by atoms with Crippen LogP contribution in [0.1, 0.15) is 22.3 Å². The molecule has 4 rings (SSSR count). The van der Waals surface area contributed by atoms with Crippen molar-refractivity contribution in [1.82, 2.24) is 0 Å². The van der Waals surface area contributed by atoms with Crippen LogP contribution in [0.3, 0.4) is 0 Å². The summed E-state index contributed by atoms with van der Waals surface area (Å²) in [4.78, 5) is 0. The van der Waals surface area contributed by atoms with Crippen LogP contribution in [-0.4, -0.2) is 14.2 Å². The normalized spacial score (nSPS) is 10.6. The van der Waals surface area contributed by atoms with Gasteiger partial charge in [-0.25, -0.2) is 0 Å². The Morgan fingerprint density at radius 2 is 0.914 bits per heavy atom. The second-order valence-corrected chi connectivity index (χ2v) is 9.00. The van der Waals surface area contributed by atoms with Crippen molar-refractivity contribution >= 4 is 11.8 Å². The summed E-state index contributed by atoms with van der Waals surface area (Å²) in [6.45, 7) is 1.02. The summed E-state index contributed by atoms with van der Waals surface area (Å²) in [5.74, 6) is 4.73. The van der Waals surface area contributed by atoms with Crippen LogP contribution >= 0.6 is 11.8 Å². The lowest BCUT2D eigenvalue weighted by molar-refractivity contribution is 0.284. The second-order valence-electron chi connectivity index (χ2n) is 8.01. The smallest absolute Gasteiger partial charge is 0.161 e. The Kier molecular flexibility index (Phi) is 8.96. The first-order valence-corrected chi connectivity index (χ1v) is 12.7. The molecule has 0 bridgehead atoms. The van der Waals surface area contributed by atoms with Crippen LogP contribution in [0.15, 0.2) is 97.1 Å². The first-order valence-electron chi connectivity index (χ1n) is 11.5. The van der Waals surface area contributed by atoms with Gasteiger partial charge in [0.15, 0.2) is 23.0 Å². The predicted molar refractivity (Wildman–Crippen MR) is 143 cm³/mol. The maximum absolute atomic E-state index is 5.97. The molecule has 0 aliphatic carbocycles. The minimum Gasteiger partial charge on any atom is -0.493 e. The summed E-state index contributed by atoms with van der Waals surface area (Å²) >= 11 is 1.84. The average Bonchev–Trinajstić information content (AvgIpc) is 2.92. The van der Waals surface area contributed by atoms with Gasteiger partial charge in [-0.05, 0) is 46.5 Å². The van der Waals surface area contributed by atoms with Crippen LogP contribution in [0.4, 0.5) is 0 Å². The van der Waals surface area contributed by atoms with Crippen LogP contribution in [0.25, 0.3) is 0 Å². The summed E-state index contributed by atoms with van der Waals surface area (Å²) in [5.41, 5.74) is 4.63. The molecule has 0 atom stereocenters. The van der Waals surface area contributed by atoms with Gasteiger partial charge in [-0.1, -0.05) is 72.8 Å². The van der Waals surface area contributed by atoms with Crippen LogP contribution in [-0.2, 0) is 24.7 Å². The molecule has 180 valence electrons. The highest BCUT2D eigenvalue weighted by atomic mass is 32.2. The lowest BCUT2D eigenvalue weighted by Gasteiger charge is -2.13. The van der Waals surface area contributed by atoms with E-state index in [9.17, 15) is 0 Å². The molecule has 4 aromatic carbocycles. The number of hydrogen-bond acceptors (Lipinski definition) is 5. The molecule has 0 heterocycles. The SMILES string of the molecule is COc1cc(CSCc2ccc(OCc3ccccc3)c(OC)c2)ccc1OCc1ccccc1. The van der Waals surface area contributed by atoms with Crippen LogP contribution in [0.2, 0.25) is 0 Å². The third-order valence-corrected chi connectivity index (χ3v) is 6.54. The van der Waals surface area contributed by atoms with E-state index in [1.165, 1.54) is 11.1 Å². The minimum atomic E-state index is 0.512. The van der Waals surface area contributed by atoms with Gasteiger partial charge in [0.05, 0.1) is 14.2 Å². The standard InChI is InChI=1S/C30H30O4S/c1-31-29-17-25(13-15-27(29)33-19-23-9-5-3-6-10-23)21-35-22-26-14-16-28(30(18-26)32-2)34-20-24-11-7-4-8-12-24/h3-18H,19-22H2,1-2H3. The third kappa shape index (κ3) is 7.20. The average molecular weight is 487 g/mol. The first kappa shape index (κ1) is 24.6. The number of benzene rings is 4. The van der Waals surface area contributed by atoms with Crippen molar-refractivity contribution in [1.29, 1.82) is 0 Å². The van der Waals surface area contributed by atoms with Gasteiger partial charge in [-0.2, -0.15) is 11.8 Å². The van der Waals surface area contributed by atoms with Gasteiger partial charge in [-0.15, -0.1) is 0 Å². The molecule has 4 nitrogen and oxygen atoms in total. The number of rotatable bonds is 12. The molecule has 0 radical (unpaired) electrons. The Morgan fingerprint density at radius 1 is 0.486 bits per heavy atom. The molecule has 0 aliphatic heterocycles. The van der Waals surface area contributed by atoms with Gasteiger partial charge in [0, 0.05) is 11.5 Å². The van der Waals surface area contributed by atoms with Crippen molar-refractivity contribution in [2.24, 2.45) is 0 Å². The lowest BCUT2D eigenvalue weighted by Crippen LogP contribution is -1.98. The Hall–Kier alpha value is -3.57. The van der Waals surface area contributed by atoms with E-state index in [4.69, 9.17) is 18.9 Å². The van der Waals surface area contributed by atoms with Crippen LogP contribution in [0, 0.1) is 0 Å². The topological polar surface area (TPSA) is 36.9 Å². The molecular formula is C30H30O4S. The zero-order chi connectivity index (χ0) is 24.3. The molecule has 0 unspecified atom stereocenters. The molecule has 0 N–H and O–H groups in total. The highest BCUT2D eigenvalue weighted by Crippen LogP contribution is 2.33. The number of hydrogen-bond donors (Lipinski definition) is 0. The molecule has 0 aliphatic rings. The fourth-order valence-electron chi connectivity index (χ4n) is 3.60. The highest BCUT2D eigenvalue weighted by Gasteiger charge is 2.09. The van der Waals surface area contributed by atoms with Gasteiger partial charge < -0.3 is 18.9 Å². The van der Waals surface area contributed by atoms with E-state index >= 15 is 0 Å². The lowest BCUT2D eigenvalue weighted by atomic mass is 10.2.